The Balaban J connectivity index is 1.57. The Hall–Kier alpha value is -2.41. The van der Waals surface area contributed by atoms with Crippen molar-refractivity contribution in [2.24, 2.45) is 0 Å². The van der Waals surface area contributed by atoms with Gasteiger partial charge in [-0.3, -0.25) is 0 Å². The van der Waals surface area contributed by atoms with E-state index in [4.69, 9.17) is 0 Å². The molecule has 130 valence electrons. The van der Waals surface area contributed by atoms with Crippen LogP contribution in [0, 0.1) is 0 Å². The first-order chi connectivity index (χ1) is 12.2. The van der Waals surface area contributed by atoms with Gasteiger partial charge in [-0.05, 0) is 13.3 Å². The van der Waals surface area contributed by atoms with Crippen molar-refractivity contribution in [3.05, 3.63) is 40.9 Å². The third kappa shape index (κ3) is 3.00. The van der Waals surface area contributed by atoms with Crippen molar-refractivity contribution in [3.63, 3.8) is 0 Å². The van der Waals surface area contributed by atoms with Crippen molar-refractivity contribution in [1.29, 1.82) is 0 Å². The number of amides is 2. The van der Waals surface area contributed by atoms with Gasteiger partial charge in [-0.1, -0.05) is 48.6 Å². The smallest absolute Gasteiger partial charge is 0.317 e. The number of aromatic nitrogens is 3. The zero-order chi connectivity index (χ0) is 17.4. The molecule has 25 heavy (non-hydrogen) atoms. The van der Waals surface area contributed by atoms with Gasteiger partial charge in [-0.2, -0.15) is 4.98 Å². The van der Waals surface area contributed by atoms with E-state index in [9.17, 15) is 4.79 Å². The maximum atomic E-state index is 12.4. The predicted molar refractivity (Wildman–Crippen MR) is 98.7 cm³/mol. The Morgan fingerprint density at radius 1 is 1.36 bits per heavy atom. The van der Waals surface area contributed by atoms with Crippen LogP contribution in [0.15, 0.2) is 30.3 Å². The second-order valence-electron chi connectivity index (χ2n) is 6.40. The van der Waals surface area contributed by atoms with Crippen LogP contribution in [-0.2, 0) is 13.0 Å². The molecule has 2 amide bonds. The van der Waals surface area contributed by atoms with E-state index in [0.717, 1.165) is 29.2 Å². The van der Waals surface area contributed by atoms with Crippen LogP contribution in [-0.4, -0.2) is 38.1 Å². The Labute approximate surface area is 150 Å². The molecular weight excluding hydrogens is 334 g/mol. The zero-order valence-corrected chi connectivity index (χ0v) is 15.2. The van der Waals surface area contributed by atoms with E-state index in [1.165, 1.54) is 10.6 Å². The molecule has 3 aromatic rings. The zero-order valence-electron chi connectivity index (χ0n) is 14.4. The van der Waals surface area contributed by atoms with Crippen molar-refractivity contribution in [1.82, 2.24) is 24.8 Å². The lowest BCUT2D eigenvalue weighted by atomic mass is 10.2. The molecule has 0 aliphatic carbocycles. The molecule has 0 fully saturated rings. The summed E-state index contributed by atoms with van der Waals surface area (Å²) in [5.41, 5.74) is 2.21. The minimum Gasteiger partial charge on any atom is -0.336 e. The van der Waals surface area contributed by atoms with Crippen molar-refractivity contribution in [2.75, 3.05) is 6.54 Å². The Morgan fingerprint density at radius 3 is 2.92 bits per heavy atom. The molecule has 3 heterocycles. The molecule has 7 heteroatoms. The van der Waals surface area contributed by atoms with Crippen LogP contribution >= 0.6 is 11.3 Å². The first kappa shape index (κ1) is 16.1. The Morgan fingerprint density at radius 2 is 2.16 bits per heavy atom. The summed E-state index contributed by atoms with van der Waals surface area (Å²) in [6, 6.07) is 10.2. The number of hydrogen-bond donors (Lipinski definition) is 1. The molecule has 0 unspecified atom stereocenters. The average molecular weight is 355 g/mol. The first-order valence-corrected chi connectivity index (χ1v) is 9.45. The molecule has 0 saturated heterocycles. The summed E-state index contributed by atoms with van der Waals surface area (Å²) in [4.78, 5) is 21.0. The summed E-state index contributed by atoms with van der Waals surface area (Å²) in [5.74, 6) is 0.756. The van der Waals surface area contributed by atoms with Gasteiger partial charge in [0.15, 0.2) is 5.82 Å². The highest BCUT2D eigenvalue weighted by molar-refractivity contribution is 7.17. The highest BCUT2D eigenvalue weighted by atomic mass is 32.1. The molecule has 1 aromatic carbocycles. The van der Waals surface area contributed by atoms with Crippen LogP contribution in [0.4, 0.5) is 4.79 Å². The molecule has 0 bridgehead atoms. The van der Waals surface area contributed by atoms with Gasteiger partial charge in [0.2, 0.25) is 4.96 Å². The number of thiazole rings is 1. The fourth-order valence-corrected chi connectivity index (χ4v) is 4.09. The lowest BCUT2D eigenvalue weighted by Gasteiger charge is -2.28. The summed E-state index contributed by atoms with van der Waals surface area (Å²) in [6.07, 6.45) is 1.74. The third-order valence-electron chi connectivity index (χ3n) is 4.62. The summed E-state index contributed by atoms with van der Waals surface area (Å²) in [7, 11) is 0. The Bertz CT molecular complexity index is 901. The molecule has 1 aliphatic rings. The number of nitrogens with zero attached hydrogens (tertiary/aromatic N) is 4. The van der Waals surface area contributed by atoms with E-state index in [2.05, 4.69) is 22.3 Å². The van der Waals surface area contributed by atoms with Gasteiger partial charge in [0.1, 0.15) is 0 Å². The van der Waals surface area contributed by atoms with Crippen molar-refractivity contribution in [2.45, 2.75) is 39.3 Å². The molecule has 6 nitrogen and oxygen atoms in total. The van der Waals surface area contributed by atoms with E-state index in [0.29, 0.717) is 13.1 Å². The highest BCUT2D eigenvalue weighted by Crippen LogP contribution is 2.29. The van der Waals surface area contributed by atoms with Crippen LogP contribution in [0.2, 0.25) is 0 Å². The topological polar surface area (TPSA) is 62.5 Å². The van der Waals surface area contributed by atoms with Crippen molar-refractivity contribution in [3.8, 4) is 11.4 Å². The molecule has 0 saturated carbocycles. The third-order valence-corrected chi connectivity index (χ3v) is 5.68. The number of fused-ring (bicyclic) bond motifs is 3. The molecular formula is C18H21N5OS. The number of carbonyl (C=O) groups is 1. The van der Waals surface area contributed by atoms with Crippen molar-refractivity contribution >= 4 is 22.3 Å². The average Bonchev–Trinajstić information content (AvgIpc) is 3.19. The molecule has 0 radical (unpaired) electrons. The van der Waals surface area contributed by atoms with Gasteiger partial charge in [0.05, 0.1) is 12.2 Å². The van der Waals surface area contributed by atoms with Crippen LogP contribution in [0.5, 0.6) is 0 Å². The van der Waals surface area contributed by atoms with Gasteiger partial charge in [0, 0.05) is 29.4 Å². The fourth-order valence-electron chi connectivity index (χ4n) is 2.98. The monoisotopic (exact) mass is 355 g/mol. The van der Waals surface area contributed by atoms with E-state index < -0.39 is 0 Å². The van der Waals surface area contributed by atoms with E-state index in [1.807, 2.05) is 46.7 Å². The van der Waals surface area contributed by atoms with Crippen LogP contribution in [0.3, 0.4) is 0 Å². The first-order valence-electron chi connectivity index (χ1n) is 8.64. The number of hydrogen-bond acceptors (Lipinski definition) is 4. The molecule has 4 rings (SSSR count). The van der Waals surface area contributed by atoms with Gasteiger partial charge >= 0.3 is 6.03 Å². The fraction of sp³-hybridized carbons (Fsp3) is 0.389. The molecule has 2 aromatic heterocycles. The lowest BCUT2D eigenvalue weighted by Crippen LogP contribution is -2.45. The molecule has 1 atom stereocenters. The van der Waals surface area contributed by atoms with Crippen LogP contribution in [0.25, 0.3) is 16.3 Å². The maximum Gasteiger partial charge on any atom is 0.317 e. The predicted octanol–water partition coefficient (Wildman–Crippen LogP) is 3.32. The Kier molecular flexibility index (Phi) is 4.17. The number of benzene rings is 1. The largest absolute Gasteiger partial charge is 0.336 e. The van der Waals surface area contributed by atoms with E-state index in [1.54, 1.807) is 11.3 Å². The van der Waals surface area contributed by atoms with Crippen LogP contribution < -0.4 is 5.32 Å². The van der Waals surface area contributed by atoms with Gasteiger partial charge in [-0.15, -0.1) is 5.10 Å². The minimum atomic E-state index is 0.0176. The standard InChI is InChI=1S/C18H21N5OS/c1-3-12(2)19-17(24)22-10-9-14-15(11-22)25-18-20-16(21-23(14)18)13-7-5-4-6-8-13/h4-8,12H,3,9-11H2,1-2H3,(H,19,24)/t12-/m1/s1. The number of rotatable bonds is 3. The van der Waals surface area contributed by atoms with Gasteiger partial charge in [-0.25, -0.2) is 9.31 Å². The lowest BCUT2D eigenvalue weighted by molar-refractivity contribution is 0.189. The van der Waals surface area contributed by atoms with Gasteiger partial charge in [0.25, 0.3) is 0 Å². The number of nitrogens with one attached hydrogen (secondary N) is 1. The van der Waals surface area contributed by atoms with Crippen molar-refractivity contribution < 1.29 is 4.79 Å². The summed E-state index contributed by atoms with van der Waals surface area (Å²) in [6.45, 7) is 5.45. The number of urea groups is 1. The molecule has 0 spiro atoms. The quantitative estimate of drug-likeness (QED) is 0.784. The minimum absolute atomic E-state index is 0.0176. The summed E-state index contributed by atoms with van der Waals surface area (Å²) >= 11 is 1.63. The van der Waals surface area contributed by atoms with Gasteiger partial charge < -0.3 is 10.2 Å². The second kappa shape index (κ2) is 6.48. The van der Waals surface area contributed by atoms with Crippen LogP contribution in [0.1, 0.15) is 30.8 Å². The van der Waals surface area contributed by atoms with E-state index in [-0.39, 0.29) is 12.1 Å². The highest BCUT2D eigenvalue weighted by Gasteiger charge is 2.26. The summed E-state index contributed by atoms with van der Waals surface area (Å²) < 4.78 is 1.95. The maximum absolute atomic E-state index is 12.4. The number of carbonyl (C=O) groups excluding carboxylic acids is 1. The molecule has 1 N–H and O–H groups in total. The normalized spacial score (nSPS) is 15.2. The molecule has 1 aliphatic heterocycles. The SMILES string of the molecule is CC[C@@H](C)NC(=O)N1CCc2c(sc3nc(-c4ccccc4)nn23)C1. The summed E-state index contributed by atoms with van der Waals surface area (Å²) in [5, 5.41) is 7.73. The second-order valence-corrected chi connectivity index (χ2v) is 7.46. The van der Waals surface area contributed by atoms with E-state index >= 15 is 0 Å².